The summed E-state index contributed by atoms with van der Waals surface area (Å²) in [5, 5.41) is 3.35. The molecule has 17 heavy (non-hydrogen) atoms. The van der Waals surface area contributed by atoms with E-state index in [-0.39, 0.29) is 6.10 Å². The highest BCUT2D eigenvalue weighted by atomic mass is 16.5. The van der Waals surface area contributed by atoms with Crippen molar-refractivity contribution in [2.45, 2.75) is 45.1 Å². The third-order valence-corrected chi connectivity index (χ3v) is 3.26. The van der Waals surface area contributed by atoms with E-state index in [0.717, 1.165) is 50.6 Å². The first kappa shape index (κ1) is 12.6. The van der Waals surface area contributed by atoms with Gasteiger partial charge in [0, 0.05) is 25.5 Å². The number of nitrogens with zero attached hydrogens (tertiary/aromatic N) is 1. The van der Waals surface area contributed by atoms with Gasteiger partial charge in [-0.25, -0.2) is 4.98 Å². The Balaban J connectivity index is 1.83. The van der Waals surface area contributed by atoms with Gasteiger partial charge in [0.15, 0.2) is 5.89 Å². The molecule has 1 saturated heterocycles. The lowest BCUT2D eigenvalue weighted by Gasteiger charge is -2.09. The zero-order valence-corrected chi connectivity index (χ0v) is 10.7. The van der Waals surface area contributed by atoms with E-state index in [9.17, 15) is 0 Å². The minimum Gasteiger partial charge on any atom is -0.445 e. The molecule has 0 aromatic carbocycles. The van der Waals surface area contributed by atoms with Crippen molar-refractivity contribution < 1.29 is 9.15 Å². The van der Waals surface area contributed by atoms with Gasteiger partial charge in [0.05, 0.1) is 12.3 Å². The summed E-state index contributed by atoms with van der Waals surface area (Å²) in [6.07, 6.45) is 5.19. The van der Waals surface area contributed by atoms with Crippen LogP contribution >= 0.6 is 0 Å². The van der Waals surface area contributed by atoms with E-state index in [1.807, 2.05) is 6.20 Å². The van der Waals surface area contributed by atoms with Crippen LogP contribution in [0.4, 0.5) is 0 Å². The molecule has 0 radical (unpaired) electrons. The maximum atomic E-state index is 5.79. The summed E-state index contributed by atoms with van der Waals surface area (Å²) in [5.41, 5.74) is 0. The number of aromatic nitrogens is 1. The van der Waals surface area contributed by atoms with Gasteiger partial charge in [-0.1, -0.05) is 6.92 Å². The van der Waals surface area contributed by atoms with Crippen molar-refractivity contribution >= 4 is 0 Å². The van der Waals surface area contributed by atoms with Crippen LogP contribution in [0, 0.1) is 0 Å². The van der Waals surface area contributed by atoms with Crippen molar-refractivity contribution in [2.24, 2.45) is 0 Å². The van der Waals surface area contributed by atoms with E-state index in [1.165, 1.54) is 0 Å². The molecule has 2 heterocycles. The van der Waals surface area contributed by atoms with E-state index >= 15 is 0 Å². The second-order valence-corrected chi connectivity index (χ2v) is 4.63. The lowest BCUT2D eigenvalue weighted by atomic mass is 10.0. The fourth-order valence-electron chi connectivity index (χ4n) is 2.21. The van der Waals surface area contributed by atoms with Crippen molar-refractivity contribution in [1.29, 1.82) is 0 Å². The molecule has 0 spiro atoms. The first-order valence-corrected chi connectivity index (χ1v) is 6.58. The summed E-state index contributed by atoms with van der Waals surface area (Å²) in [4.78, 5) is 4.33. The molecular formula is C13H22N2O2. The van der Waals surface area contributed by atoms with Gasteiger partial charge in [-0.2, -0.15) is 0 Å². The molecule has 4 nitrogen and oxygen atoms in total. The average molecular weight is 238 g/mol. The van der Waals surface area contributed by atoms with Gasteiger partial charge in [-0.05, 0) is 26.3 Å². The molecule has 1 aromatic heterocycles. The van der Waals surface area contributed by atoms with Crippen LogP contribution in [0.5, 0.6) is 0 Å². The SMILES string of the molecule is CCCNCCc1ncc(C2CCOC2C)o1. The van der Waals surface area contributed by atoms with Gasteiger partial charge in [-0.3, -0.25) is 0 Å². The van der Waals surface area contributed by atoms with Gasteiger partial charge in [0.1, 0.15) is 5.76 Å². The maximum absolute atomic E-state index is 5.79. The highest BCUT2D eigenvalue weighted by Crippen LogP contribution is 2.31. The lowest BCUT2D eigenvalue weighted by Crippen LogP contribution is -2.17. The highest BCUT2D eigenvalue weighted by molar-refractivity contribution is 5.06. The van der Waals surface area contributed by atoms with E-state index in [2.05, 4.69) is 24.1 Å². The number of nitrogens with one attached hydrogen (secondary N) is 1. The minimum absolute atomic E-state index is 0.258. The Labute approximate surface area is 103 Å². The van der Waals surface area contributed by atoms with Crippen molar-refractivity contribution in [2.75, 3.05) is 19.7 Å². The van der Waals surface area contributed by atoms with Gasteiger partial charge < -0.3 is 14.5 Å². The summed E-state index contributed by atoms with van der Waals surface area (Å²) in [6, 6.07) is 0. The monoisotopic (exact) mass is 238 g/mol. The van der Waals surface area contributed by atoms with Gasteiger partial charge in [-0.15, -0.1) is 0 Å². The lowest BCUT2D eigenvalue weighted by molar-refractivity contribution is 0.115. The molecule has 1 aliphatic rings. The molecule has 0 saturated carbocycles. The molecule has 2 atom stereocenters. The van der Waals surface area contributed by atoms with Crippen molar-refractivity contribution in [1.82, 2.24) is 10.3 Å². The van der Waals surface area contributed by atoms with E-state index in [1.54, 1.807) is 0 Å². The van der Waals surface area contributed by atoms with Gasteiger partial charge >= 0.3 is 0 Å². The number of hydrogen-bond donors (Lipinski definition) is 1. The molecule has 2 unspecified atom stereocenters. The summed E-state index contributed by atoms with van der Waals surface area (Å²) >= 11 is 0. The molecule has 1 aliphatic heterocycles. The first-order valence-electron chi connectivity index (χ1n) is 6.58. The summed E-state index contributed by atoms with van der Waals surface area (Å²) in [6.45, 7) is 7.09. The van der Waals surface area contributed by atoms with Crippen molar-refractivity contribution in [3.63, 3.8) is 0 Å². The normalized spacial score (nSPS) is 24.4. The van der Waals surface area contributed by atoms with Crippen LogP contribution in [0.1, 0.15) is 44.3 Å². The zero-order chi connectivity index (χ0) is 12.1. The summed E-state index contributed by atoms with van der Waals surface area (Å²) in [5.74, 6) is 2.21. The highest BCUT2D eigenvalue weighted by Gasteiger charge is 2.28. The van der Waals surface area contributed by atoms with E-state index in [0.29, 0.717) is 5.92 Å². The molecule has 4 heteroatoms. The zero-order valence-electron chi connectivity index (χ0n) is 10.7. The molecule has 2 rings (SSSR count). The van der Waals surface area contributed by atoms with Crippen molar-refractivity contribution in [3.8, 4) is 0 Å². The second kappa shape index (κ2) is 6.17. The predicted molar refractivity (Wildman–Crippen MR) is 66.1 cm³/mol. The Morgan fingerprint density at radius 3 is 3.06 bits per heavy atom. The minimum atomic E-state index is 0.258. The average Bonchev–Trinajstić information content (AvgIpc) is 2.93. The molecule has 0 aliphatic carbocycles. The number of hydrogen-bond acceptors (Lipinski definition) is 4. The fraction of sp³-hybridized carbons (Fsp3) is 0.769. The van der Waals surface area contributed by atoms with Crippen LogP contribution in [0.25, 0.3) is 0 Å². The molecule has 96 valence electrons. The first-order chi connectivity index (χ1) is 8.31. The smallest absolute Gasteiger partial charge is 0.195 e. The van der Waals surface area contributed by atoms with E-state index in [4.69, 9.17) is 9.15 Å². The Kier molecular flexibility index (Phi) is 4.57. The van der Waals surface area contributed by atoms with Crippen LogP contribution < -0.4 is 5.32 Å². The molecule has 1 aromatic rings. The largest absolute Gasteiger partial charge is 0.445 e. The predicted octanol–water partition coefficient (Wildman–Crippen LogP) is 2.11. The number of ether oxygens (including phenoxy) is 1. The molecule has 0 bridgehead atoms. The molecule has 0 amide bonds. The molecule has 1 fully saturated rings. The standard InChI is InChI=1S/C13H22N2O2/c1-3-6-14-7-4-13-15-9-12(17-13)11-5-8-16-10(11)2/h9-11,14H,3-8H2,1-2H3. The van der Waals surface area contributed by atoms with Crippen LogP contribution in [0.2, 0.25) is 0 Å². The fourth-order valence-corrected chi connectivity index (χ4v) is 2.21. The molecule has 1 N–H and O–H groups in total. The van der Waals surface area contributed by atoms with Crippen LogP contribution in [0.3, 0.4) is 0 Å². The van der Waals surface area contributed by atoms with Crippen LogP contribution in [-0.4, -0.2) is 30.8 Å². The topological polar surface area (TPSA) is 47.3 Å². The quantitative estimate of drug-likeness (QED) is 0.771. The third kappa shape index (κ3) is 3.30. The second-order valence-electron chi connectivity index (χ2n) is 4.63. The third-order valence-electron chi connectivity index (χ3n) is 3.26. The Hall–Kier alpha value is -0.870. The van der Waals surface area contributed by atoms with E-state index < -0.39 is 0 Å². The summed E-state index contributed by atoms with van der Waals surface area (Å²) < 4.78 is 11.3. The Morgan fingerprint density at radius 1 is 1.47 bits per heavy atom. The van der Waals surface area contributed by atoms with Crippen molar-refractivity contribution in [3.05, 3.63) is 17.8 Å². The van der Waals surface area contributed by atoms with Crippen LogP contribution in [-0.2, 0) is 11.2 Å². The summed E-state index contributed by atoms with van der Waals surface area (Å²) in [7, 11) is 0. The van der Waals surface area contributed by atoms with Gasteiger partial charge in [0.2, 0.25) is 0 Å². The van der Waals surface area contributed by atoms with Gasteiger partial charge in [0.25, 0.3) is 0 Å². The Morgan fingerprint density at radius 2 is 2.35 bits per heavy atom. The molecular weight excluding hydrogens is 216 g/mol. The maximum Gasteiger partial charge on any atom is 0.195 e. The number of oxazole rings is 1. The Bertz CT molecular complexity index is 338. The van der Waals surface area contributed by atoms with Crippen LogP contribution in [0.15, 0.2) is 10.6 Å². The number of rotatable bonds is 6.